The number of carbonyl (C=O) groups is 1. The average Bonchev–Trinajstić information content (AvgIpc) is 2.54. The molecular formula is C14H27NO2. The summed E-state index contributed by atoms with van der Waals surface area (Å²) < 4.78 is 0. The minimum Gasteiger partial charge on any atom is -0.393 e. The van der Waals surface area contributed by atoms with Gasteiger partial charge in [-0.05, 0) is 32.1 Å². The van der Waals surface area contributed by atoms with Crippen molar-refractivity contribution in [2.75, 3.05) is 13.6 Å². The monoisotopic (exact) mass is 241 g/mol. The molecule has 1 unspecified atom stereocenters. The number of hydrogen-bond acceptors (Lipinski definition) is 2. The van der Waals surface area contributed by atoms with Gasteiger partial charge in [0.05, 0.1) is 6.10 Å². The van der Waals surface area contributed by atoms with Crippen molar-refractivity contribution < 1.29 is 9.90 Å². The first-order chi connectivity index (χ1) is 8.09. The van der Waals surface area contributed by atoms with Crippen LogP contribution >= 0.6 is 0 Å². The quantitative estimate of drug-likeness (QED) is 0.752. The molecule has 0 aliphatic heterocycles. The SMILES string of the molecule is CC(O)CCN(C)C(=O)CC1CCCCCC1. The van der Waals surface area contributed by atoms with Gasteiger partial charge in [-0.1, -0.05) is 25.7 Å². The minimum absolute atomic E-state index is 0.248. The summed E-state index contributed by atoms with van der Waals surface area (Å²) in [5.41, 5.74) is 0. The number of aliphatic hydroxyl groups is 1. The van der Waals surface area contributed by atoms with Gasteiger partial charge in [-0.15, -0.1) is 0 Å². The van der Waals surface area contributed by atoms with Gasteiger partial charge in [-0.3, -0.25) is 4.79 Å². The maximum atomic E-state index is 12.0. The summed E-state index contributed by atoms with van der Waals surface area (Å²) in [4.78, 5) is 13.8. The van der Waals surface area contributed by atoms with E-state index in [1.165, 1.54) is 38.5 Å². The number of aliphatic hydroxyl groups excluding tert-OH is 1. The second kappa shape index (κ2) is 7.70. The van der Waals surface area contributed by atoms with Crippen LogP contribution in [0.15, 0.2) is 0 Å². The van der Waals surface area contributed by atoms with E-state index in [1.54, 1.807) is 11.8 Å². The minimum atomic E-state index is -0.317. The summed E-state index contributed by atoms with van der Waals surface area (Å²) in [6.45, 7) is 2.44. The smallest absolute Gasteiger partial charge is 0.222 e. The van der Waals surface area contributed by atoms with Crippen LogP contribution in [0, 0.1) is 5.92 Å². The first-order valence-electron chi connectivity index (χ1n) is 7.01. The molecule has 0 aromatic heterocycles. The van der Waals surface area contributed by atoms with E-state index < -0.39 is 0 Å². The molecule has 0 aromatic carbocycles. The van der Waals surface area contributed by atoms with E-state index in [4.69, 9.17) is 0 Å². The van der Waals surface area contributed by atoms with Crippen LogP contribution < -0.4 is 0 Å². The normalized spacial score (nSPS) is 19.7. The second-order valence-corrected chi connectivity index (χ2v) is 5.51. The van der Waals surface area contributed by atoms with Gasteiger partial charge in [0.25, 0.3) is 0 Å². The van der Waals surface area contributed by atoms with Crippen molar-refractivity contribution in [3.05, 3.63) is 0 Å². The molecule has 1 rings (SSSR count). The average molecular weight is 241 g/mol. The van der Waals surface area contributed by atoms with Crippen LogP contribution in [0.4, 0.5) is 0 Å². The van der Waals surface area contributed by atoms with E-state index in [1.807, 2.05) is 7.05 Å². The number of carbonyl (C=O) groups excluding carboxylic acids is 1. The summed E-state index contributed by atoms with van der Waals surface area (Å²) in [6.07, 6.45) is 8.74. The fraction of sp³-hybridized carbons (Fsp3) is 0.929. The highest BCUT2D eigenvalue weighted by atomic mass is 16.3. The van der Waals surface area contributed by atoms with E-state index in [9.17, 15) is 9.90 Å². The van der Waals surface area contributed by atoms with Crippen LogP contribution in [0.3, 0.4) is 0 Å². The molecule has 0 bridgehead atoms. The van der Waals surface area contributed by atoms with E-state index in [0.717, 1.165) is 0 Å². The largest absolute Gasteiger partial charge is 0.393 e. The Morgan fingerprint density at radius 1 is 1.29 bits per heavy atom. The molecule has 0 heterocycles. The Hall–Kier alpha value is -0.570. The third-order valence-electron chi connectivity index (χ3n) is 3.75. The molecule has 0 aromatic rings. The lowest BCUT2D eigenvalue weighted by molar-refractivity contribution is -0.131. The van der Waals surface area contributed by atoms with Crippen LogP contribution in [0.2, 0.25) is 0 Å². The topological polar surface area (TPSA) is 40.5 Å². The molecule has 1 N–H and O–H groups in total. The Morgan fingerprint density at radius 3 is 2.41 bits per heavy atom. The molecule has 1 fully saturated rings. The van der Waals surface area contributed by atoms with E-state index in [2.05, 4.69) is 0 Å². The summed E-state index contributed by atoms with van der Waals surface area (Å²) in [5.74, 6) is 0.844. The van der Waals surface area contributed by atoms with Crippen molar-refractivity contribution in [3.63, 3.8) is 0 Å². The molecular weight excluding hydrogens is 214 g/mol. The zero-order valence-electron chi connectivity index (χ0n) is 11.3. The zero-order chi connectivity index (χ0) is 12.7. The highest BCUT2D eigenvalue weighted by molar-refractivity contribution is 5.76. The Kier molecular flexibility index (Phi) is 6.56. The number of hydrogen-bond donors (Lipinski definition) is 1. The van der Waals surface area contributed by atoms with Crippen molar-refractivity contribution in [2.45, 2.75) is 64.4 Å². The first kappa shape index (κ1) is 14.5. The lowest BCUT2D eigenvalue weighted by atomic mass is 9.96. The lowest BCUT2D eigenvalue weighted by Crippen LogP contribution is -2.30. The predicted octanol–water partition coefficient (Wildman–Crippen LogP) is 2.58. The molecule has 17 heavy (non-hydrogen) atoms. The summed E-state index contributed by atoms with van der Waals surface area (Å²) >= 11 is 0. The maximum absolute atomic E-state index is 12.0. The Labute approximate surface area is 105 Å². The third kappa shape index (κ3) is 6.06. The van der Waals surface area contributed by atoms with Gasteiger partial charge < -0.3 is 10.0 Å². The fourth-order valence-electron chi connectivity index (χ4n) is 2.48. The van der Waals surface area contributed by atoms with Crippen molar-refractivity contribution in [1.29, 1.82) is 0 Å². The van der Waals surface area contributed by atoms with Gasteiger partial charge in [-0.2, -0.15) is 0 Å². The molecule has 3 nitrogen and oxygen atoms in total. The highest BCUT2D eigenvalue weighted by Gasteiger charge is 2.18. The van der Waals surface area contributed by atoms with Gasteiger partial charge in [0.1, 0.15) is 0 Å². The number of nitrogens with zero attached hydrogens (tertiary/aromatic N) is 1. The molecule has 1 amide bonds. The first-order valence-corrected chi connectivity index (χ1v) is 7.01. The fourth-order valence-corrected chi connectivity index (χ4v) is 2.48. The Bertz CT molecular complexity index is 220. The zero-order valence-corrected chi connectivity index (χ0v) is 11.3. The molecule has 1 atom stereocenters. The lowest BCUT2D eigenvalue weighted by Gasteiger charge is -2.21. The third-order valence-corrected chi connectivity index (χ3v) is 3.75. The van der Waals surface area contributed by atoms with Crippen LogP contribution in [-0.4, -0.2) is 35.6 Å². The Balaban J connectivity index is 2.26. The number of amides is 1. The van der Waals surface area contributed by atoms with Crippen LogP contribution in [0.5, 0.6) is 0 Å². The van der Waals surface area contributed by atoms with Crippen molar-refractivity contribution in [2.24, 2.45) is 5.92 Å². The van der Waals surface area contributed by atoms with E-state index in [-0.39, 0.29) is 12.0 Å². The standard InChI is InChI=1S/C14H27NO2/c1-12(16)9-10-15(2)14(17)11-13-7-5-3-4-6-8-13/h12-13,16H,3-11H2,1-2H3. The molecule has 1 saturated carbocycles. The summed E-state index contributed by atoms with van der Waals surface area (Å²) in [5, 5.41) is 9.20. The van der Waals surface area contributed by atoms with Gasteiger partial charge in [0, 0.05) is 20.0 Å². The van der Waals surface area contributed by atoms with Crippen molar-refractivity contribution in [3.8, 4) is 0 Å². The molecule has 1 aliphatic carbocycles. The second-order valence-electron chi connectivity index (χ2n) is 5.51. The van der Waals surface area contributed by atoms with Gasteiger partial charge >= 0.3 is 0 Å². The predicted molar refractivity (Wildman–Crippen MR) is 69.7 cm³/mol. The number of rotatable bonds is 5. The van der Waals surface area contributed by atoms with Crippen LogP contribution in [0.1, 0.15) is 58.3 Å². The van der Waals surface area contributed by atoms with Gasteiger partial charge in [0.2, 0.25) is 5.91 Å². The van der Waals surface area contributed by atoms with Crippen molar-refractivity contribution in [1.82, 2.24) is 4.90 Å². The molecule has 3 heteroatoms. The molecule has 0 spiro atoms. The van der Waals surface area contributed by atoms with Gasteiger partial charge in [0.15, 0.2) is 0 Å². The van der Waals surface area contributed by atoms with E-state index in [0.29, 0.717) is 25.3 Å². The van der Waals surface area contributed by atoms with Gasteiger partial charge in [-0.25, -0.2) is 0 Å². The van der Waals surface area contributed by atoms with Crippen LogP contribution in [0.25, 0.3) is 0 Å². The molecule has 100 valence electrons. The summed E-state index contributed by atoms with van der Waals surface area (Å²) in [6, 6.07) is 0. The molecule has 1 aliphatic rings. The van der Waals surface area contributed by atoms with Crippen molar-refractivity contribution >= 4 is 5.91 Å². The maximum Gasteiger partial charge on any atom is 0.222 e. The van der Waals surface area contributed by atoms with E-state index >= 15 is 0 Å². The molecule has 0 saturated heterocycles. The molecule has 0 radical (unpaired) electrons. The van der Waals surface area contributed by atoms with Crippen LogP contribution in [-0.2, 0) is 4.79 Å². The summed E-state index contributed by atoms with van der Waals surface area (Å²) in [7, 11) is 1.85. The highest BCUT2D eigenvalue weighted by Crippen LogP contribution is 2.25. The Morgan fingerprint density at radius 2 is 1.88 bits per heavy atom.